The van der Waals surface area contributed by atoms with Crippen molar-refractivity contribution in [1.29, 1.82) is 0 Å². The van der Waals surface area contributed by atoms with Crippen LogP contribution in [0.15, 0.2) is 4.52 Å². The third-order valence-corrected chi connectivity index (χ3v) is 2.47. The van der Waals surface area contributed by atoms with E-state index in [1.807, 2.05) is 6.92 Å². The Hall–Kier alpha value is -0.940. The van der Waals surface area contributed by atoms with Gasteiger partial charge in [0.05, 0.1) is 6.04 Å². The van der Waals surface area contributed by atoms with Crippen LogP contribution in [0.5, 0.6) is 0 Å². The molecule has 2 rings (SSSR count). The average Bonchev–Trinajstić information content (AvgIpc) is 2.75. The van der Waals surface area contributed by atoms with Crippen molar-refractivity contribution in [3.05, 3.63) is 11.7 Å². The van der Waals surface area contributed by atoms with Gasteiger partial charge in [0.25, 0.3) is 0 Å². The Balaban J connectivity index is 1.95. The van der Waals surface area contributed by atoms with Gasteiger partial charge in [0, 0.05) is 12.5 Å². The number of hydrogen-bond acceptors (Lipinski definition) is 5. The van der Waals surface area contributed by atoms with Crippen molar-refractivity contribution in [2.75, 3.05) is 6.54 Å². The lowest BCUT2D eigenvalue weighted by molar-refractivity contribution is 0.358. The summed E-state index contributed by atoms with van der Waals surface area (Å²) in [6.45, 7) is 2.95. The first-order chi connectivity index (χ1) is 6.75. The lowest BCUT2D eigenvalue weighted by Crippen LogP contribution is -2.23. The number of nitrogens with one attached hydrogen (secondary N) is 1. The second-order valence-corrected chi connectivity index (χ2v) is 3.83. The highest BCUT2D eigenvalue weighted by atomic mass is 16.5. The van der Waals surface area contributed by atoms with Crippen LogP contribution in [-0.2, 0) is 6.42 Å². The summed E-state index contributed by atoms with van der Waals surface area (Å²) >= 11 is 0. The summed E-state index contributed by atoms with van der Waals surface area (Å²) in [7, 11) is 0. The molecule has 1 saturated heterocycles. The second-order valence-electron chi connectivity index (χ2n) is 3.83. The van der Waals surface area contributed by atoms with E-state index < -0.39 is 0 Å². The van der Waals surface area contributed by atoms with Crippen molar-refractivity contribution in [1.82, 2.24) is 15.5 Å². The zero-order chi connectivity index (χ0) is 9.97. The van der Waals surface area contributed by atoms with Gasteiger partial charge < -0.3 is 15.6 Å². The predicted molar refractivity (Wildman–Crippen MR) is 51.6 cm³/mol. The molecule has 3 N–H and O–H groups in total. The van der Waals surface area contributed by atoms with Gasteiger partial charge in [-0.05, 0) is 26.3 Å². The van der Waals surface area contributed by atoms with Crippen molar-refractivity contribution >= 4 is 0 Å². The van der Waals surface area contributed by atoms with E-state index in [4.69, 9.17) is 10.3 Å². The normalized spacial score (nSPS) is 24.0. The van der Waals surface area contributed by atoms with Crippen LogP contribution in [0, 0.1) is 0 Å². The topological polar surface area (TPSA) is 77.0 Å². The Kier molecular flexibility index (Phi) is 2.79. The van der Waals surface area contributed by atoms with Gasteiger partial charge in [-0.25, -0.2) is 0 Å². The number of aromatic nitrogens is 2. The summed E-state index contributed by atoms with van der Waals surface area (Å²) in [5.74, 6) is 1.29. The van der Waals surface area contributed by atoms with Crippen LogP contribution in [0.25, 0.3) is 0 Å². The molecular weight excluding hydrogens is 180 g/mol. The van der Waals surface area contributed by atoms with E-state index in [0.29, 0.717) is 17.8 Å². The predicted octanol–water partition coefficient (Wildman–Crippen LogP) is 0.384. The zero-order valence-electron chi connectivity index (χ0n) is 8.36. The first-order valence-electron chi connectivity index (χ1n) is 5.07. The SMILES string of the molecule is CC(N)c1noc(CC2CCCN2)n1. The Bertz CT molecular complexity index is 291. The summed E-state index contributed by atoms with van der Waals surface area (Å²) in [5, 5.41) is 7.20. The lowest BCUT2D eigenvalue weighted by atomic mass is 10.1. The molecule has 5 heteroatoms. The van der Waals surface area contributed by atoms with Crippen LogP contribution >= 0.6 is 0 Å². The first kappa shape index (κ1) is 9.61. The van der Waals surface area contributed by atoms with Gasteiger partial charge in [0.15, 0.2) is 5.82 Å². The fourth-order valence-corrected chi connectivity index (χ4v) is 1.68. The highest BCUT2D eigenvalue weighted by molar-refractivity contribution is 4.94. The van der Waals surface area contributed by atoms with Gasteiger partial charge in [-0.3, -0.25) is 0 Å². The van der Waals surface area contributed by atoms with Gasteiger partial charge >= 0.3 is 0 Å². The average molecular weight is 196 g/mol. The van der Waals surface area contributed by atoms with E-state index >= 15 is 0 Å². The highest BCUT2D eigenvalue weighted by Crippen LogP contribution is 2.12. The fraction of sp³-hybridized carbons (Fsp3) is 0.778. The van der Waals surface area contributed by atoms with Gasteiger partial charge in [-0.15, -0.1) is 0 Å². The van der Waals surface area contributed by atoms with Crippen LogP contribution in [0.3, 0.4) is 0 Å². The molecule has 0 amide bonds. The van der Waals surface area contributed by atoms with Crippen LogP contribution < -0.4 is 11.1 Å². The molecule has 1 aliphatic rings. The number of nitrogens with zero attached hydrogens (tertiary/aromatic N) is 2. The van der Waals surface area contributed by atoms with Gasteiger partial charge in [0.1, 0.15) is 0 Å². The molecule has 0 spiro atoms. The highest BCUT2D eigenvalue weighted by Gasteiger charge is 2.18. The molecule has 2 heterocycles. The second kappa shape index (κ2) is 4.06. The largest absolute Gasteiger partial charge is 0.339 e. The molecule has 1 fully saturated rings. The summed E-state index contributed by atoms with van der Waals surface area (Å²) < 4.78 is 5.11. The minimum Gasteiger partial charge on any atom is -0.339 e. The minimum atomic E-state index is -0.149. The lowest BCUT2D eigenvalue weighted by Gasteiger charge is -2.04. The Morgan fingerprint density at radius 3 is 3.14 bits per heavy atom. The van der Waals surface area contributed by atoms with Crippen molar-refractivity contribution in [3.8, 4) is 0 Å². The maximum Gasteiger partial charge on any atom is 0.228 e. The third kappa shape index (κ3) is 2.10. The molecule has 14 heavy (non-hydrogen) atoms. The third-order valence-electron chi connectivity index (χ3n) is 2.47. The van der Waals surface area contributed by atoms with Crippen molar-refractivity contribution in [2.24, 2.45) is 5.73 Å². The monoisotopic (exact) mass is 196 g/mol. The van der Waals surface area contributed by atoms with Crippen LogP contribution in [0.4, 0.5) is 0 Å². The smallest absolute Gasteiger partial charge is 0.228 e. The number of nitrogens with two attached hydrogens (primary N) is 1. The Morgan fingerprint density at radius 1 is 1.71 bits per heavy atom. The number of hydrogen-bond donors (Lipinski definition) is 2. The first-order valence-corrected chi connectivity index (χ1v) is 5.07. The molecule has 0 radical (unpaired) electrons. The molecule has 1 aromatic rings. The molecule has 1 aromatic heterocycles. The maximum absolute atomic E-state index is 5.63. The zero-order valence-corrected chi connectivity index (χ0v) is 8.36. The summed E-state index contributed by atoms with van der Waals surface area (Å²) in [6.07, 6.45) is 3.24. The van der Waals surface area contributed by atoms with Crippen molar-refractivity contribution in [2.45, 2.75) is 38.3 Å². The van der Waals surface area contributed by atoms with E-state index in [9.17, 15) is 0 Å². The van der Waals surface area contributed by atoms with E-state index in [0.717, 1.165) is 13.0 Å². The van der Waals surface area contributed by atoms with Crippen LogP contribution in [0.1, 0.15) is 37.5 Å². The summed E-state index contributed by atoms with van der Waals surface area (Å²) in [4.78, 5) is 4.23. The molecule has 2 unspecified atom stereocenters. The molecule has 5 nitrogen and oxygen atoms in total. The molecule has 0 saturated carbocycles. The van der Waals surface area contributed by atoms with Crippen LogP contribution in [0.2, 0.25) is 0 Å². The molecule has 0 aliphatic carbocycles. The molecule has 2 atom stereocenters. The molecule has 1 aliphatic heterocycles. The minimum absolute atomic E-state index is 0.149. The molecule has 78 valence electrons. The van der Waals surface area contributed by atoms with E-state index in [1.165, 1.54) is 12.8 Å². The van der Waals surface area contributed by atoms with Gasteiger partial charge in [0.2, 0.25) is 5.89 Å². The maximum atomic E-state index is 5.63. The van der Waals surface area contributed by atoms with E-state index in [-0.39, 0.29) is 6.04 Å². The fourth-order valence-electron chi connectivity index (χ4n) is 1.68. The Labute approximate surface area is 83.1 Å². The molecule has 0 aromatic carbocycles. The van der Waals surface area contributed by atoms with Crippen LogP contribution in [-0.4, -0.2) is 22.7 Å². The molecular formula is C9H16N4O. The number of rotatable bonds is 3. The molecule has 0 bridgehead atoms. The van der Waals surface area contributed by atoms with E-state index in [2.05, 4.69) is 15.5 Å². The van der Waals surface area contributed by atoms with E-state index in [1.54, 1.807) is 0 Å². The Morgan fingerprint density at radius 2 is 2.57 bits per heavy atom. The summed E-state index contributed by atoms with van der Waals surface area (Å²) in [6, 6.07) is 0.348. The van der Waals surface area contributed by atoms with Crippen molar-refractivity contribution < 1.29 is 4.52 Å². The van der Waals surface area contributed by atoms with Gasteiger partial charge in [-0.2, -0.15) is 4.98 Å². The van der Waals surface area contributed by atoms with Crippen molar-refractivity contribution in [3.63, 3.8) is 0 Å². The standard InChI is InChI=1S/C9H16N4O/c1-6(10)9-12-8(14-13-9)5-7-3-2-4-11-7/h6-7,11H,2-5,10H2,1H3. The quantitative estimate of drug-likeness (QED) is 0.731. The van der Waals surface area contributed by atoms with Gasteiger partial charge in [-0.1, -0.05) is 5.16 Å². The summed E-state index contributed by atoms with van der Waals surface area (Å²) in [5.41, 5.74) is 5.63.